The van der Waals surface area contributed by atoms with E-state index in [0.29, 0.717) is 11.2 Å². The van der Waals surface area contributed by atoms with Gasteiger partial charge in [0.2, 0.25) is 0 Å². The van der Waals surface area contributed by atoms with Crippen molar-refractivity contribution in [2.24, 2.45) is 0 Å². The molecule has 0 aliphatic heterocycles. The fourth-order valence-electron chi connectivity index (χ4n) is 2.49. The number of nitrogens with zero attached hydrogens (tertiary/aromatic N) is 1. The first kappa shape index (κ1) is 12.6. The number of halogens is 1. The van der Waals surface area contributed by atoms with Gasteiger partial charge < -0.3 is 11.1 Å². The number of nitrogens with one attached hydrogen (secondary N) is 1. The number of anilines is 1. The molecule has 0 saturated carbocycles. The first-order valence-electron chi connectivity index (χ1n) is 5.67. The van der Waals surface area contributed by atoms with E-state index in [1.165, 1.54) is 15.8 Å². The van der Waals surface area contributed by atoms with Gasteiger partial charge in [0.05, 0.1) is 10.2 Å². The Labute approximate surface area is 111 Å². The highest BCUT2D eigenvalue weighted by Crippen LogP contribution is 2.31. The molecule has 1 aliphatic rings. The van der Waals surface area contributed by atoms with Crippen molar-refractivity contribution in [1.29, 1.82) is 0 Å². The van der Waals surface area contributed by atoms with Gasteiger partial charge >= 0.3 is 0 Å². The lowest BCUT2D eigenvalue weighted by molar-refractivity contribution is 0.552. The van der Waals surface area contributed by atoms with Crippen LogP contribution in [0.15, 0.2) is 12.1 Å². The van der Waals surface area contributed by atoms with Gasteiger partial charge in [-0.2, -0.15) is 0 Å². The van der Waals surface area contributed by atoms with Crippen LogP contribution in [0.2, 0.25) is 0 Å². The second kappa shape index (κ2) is 4.80. The van der Waals surface area contributed by atoms with Gasteiger partial charge in [-0.1, -0.05) is 18.3 Å². The van der Waals surface area contributed by atoms with Crippen LogP contribution in [-0.2, 0) is 12.8 Å². The van der Waals surface area contributed by atoms with Crippen LogP contribution in [0.25, 0.3) is 10.2 Å². The Hall–Kier alpha value is -0.840. The summed E-state index contributed by atoms with van der Waals surface area (Å²) >= 11 is 1.58. The van der Waals surface area contributed by atoms with E-state index in [1.54, 1.807) is 11.3 Å². The van der Waals surface area contributed by atoms with E-state index in [4.69, 9.17) is 5.73 Å². The number of hydrogen-bond donors (Lipinski definition) is 2. The standard InChI is InChI=1S/C12H15N3S.ClH/c1-2-14-9-3-7-5-10-11(6-8(7)4-9)16-12(13)15-10;/h5-6,9,14H,2-4H2,1H3,(H2,13,15);1H. The number of rotatable bonds is 2. The summed E-state index contributed by atoms with van der Waals surface area (Å²) in [6.45, 7) is 3.20. The third kappa shape index (κ3) is 2.25. The Morgan fingerprint density at radius 2 is 2.12 bits per heavy atom. The summed E-state index contributed by atoms with van der Waals surface area (Å²) in [6.07, 6.45) is 2.26. The number of thiazole rings is 1. The second-order valence-corrected chi connectivity index (χ2v) is 5.37. The molecule has 92 valence electrons. The van der Waals surface area contributed by atoms with Crippen molar-refractivity contribution in [2.45, 2.75) is 25.8 Å². The van der Waals surface area contributed by atoms with Crippen LogP contribution in [0.4, 0.5) is 5.13 Å². The summed E-state index contributed by atoms with van der Waals surface area (Å²) in [7, 11) is 0. The van der Waals surface area contributed by atoms with E-state index in [0.717, 1.165) is 24.9 Å². The quantitative estimate of drug-likeness (QED) is 0.880. The Morgan fingerprint density at radius 1 is 1.41 bits per heavy atom. The highest BCUT2D eigenvalue weighted by molar-refractivity contribution is 7.22. The van der Waals surface area contributed by atoms with Crippen LogP contribution < -0.4 is 11.1 Å². The fraction of sp³-hybridized carbons (Fsp3) is 0.417. The summed E-state index contributed by atoms with van der Waals surface area (Å²) in [6, 6.07) is 5.07. The summed E-state index contributed by atoms with van der Waals surface area (Å²) in [4.78, 5) is 4.34. The number of aromatic nitrogens is 1. The topological polar surface area (TPSA) is 50.9 Å². The van der Waals surface area contributed by atoms with Crippen molar-refractivity contribution >= 4 is 39.1 Å². The van der Waals surface area contributed by atoms with Crippen molar-refractivity contribution in [3.8, 4) is 0 Å². The molecule has 1 aliphatic carbocycles. The van der Waals surface area contributed by atoms with Crippen LogP contribution in [0.5, 0.6) is 0 Å². The smallest absolute Gasteiger partial charge is 0.181 e. The van der Waals surface area contributed by atoms with Crippen molar-refractivity contribution < 1.29 is 0 Å². The van der Waals surface area contributed by atoms with Crippen LogP contribution in [0.1, 0.15) is 18.1 Å². The Kier molecular flexibility index (Phi) is 3.56. The van der Waals surface area contributed by atoms with Crippen LogP contribution in [0.3, 0.4) is 0 Å². The van der Waals surface area contributed by atoms with Crippen LogP contribution >= 0.6 is 23.7 Å². The van der Waals surface area contributed by atoms with Gasteiger partial charge in [-0.05, 0) is 42.6 Å². The van der Waals surface area contributed by atoms with Gasteiger partial charge in [0.15, 0.2) is 5.13 Å². The zero-order valence-electron chi connectivity index (χ0n) is 9.69. The van der Waals surface area contributed by atoms with Gasteiger partial charge in [0.25, 0.3) is 0 Å². The van der Waals surface area contributed by atoms with E-state index in [1.807, 2.05) is 0 Å². The normalized spacial score (nSPS) is 18.1. The van der Waals surface area contributed by atoms with Crippen molar-refractivity contribution in [2.75, 3.05) is 12.3 Å². The Morgan fingerprint density at radius 3 is 2.82 bits per heavy atom. The van der Waals surface area contributed by atoms with E-state index in [2.05, 4.69) is 29.4 Å². The van der Waals surface area contributed by atoms with Crippen molar-refractivity contribution in [3.63, 3.8) is 0 Å². The minimum Gasteiger partial charge on any atom is -0.375 e. The number of benzene rings is 1. The second-order valence-electron chi connectivity index (χ2n) is 4.30. The molecular weight excluding hydrogens is 254 g/mol. The molecule has 0 bridgehead atoms. The molecule has 0 amide bonds. The molecule has 3 N–H and O–H groups in total. The largest absolute Gasteiger partial charge is 0.375 e. The van der Waals surface area contributed by atoms with Crippen molar-refractivity contribution in [3.05, 3.63) is 23.3 Å². The first-order chi connectivity index (χ1) is 7.76. The molecule has 0 fully saturated rings. The Bertz CT molecular complexity index is 495. The lowest BCUT2D eigenvalue weighted by Crippen LogP contribution is -2.28. The SMILES string of the molecule is CCNC1Cc2cc3nc(N)sc3cc2C1.Cl. The molecule has 0 saturated heterocycles. The molecule has 1 unspecified atom stereocenters. The lowest BCUT2D eigenvalue weighted by Gasteiger charge is -2.08. The molecule has 1 aromatic carbocycles. The van der Waals surface area contributed by atoms with Crippen LogP contribution in [0, 0.1) is 0 Å². The minimum absolute atomic E-state index is 0. The third-order valence-corrected chi connectivity index (χ3v) is 4.00. The monoisotopic (exact) mass is 269 g/mol. The molecular formula is C12H16ClN3S. The zero-order chi connectivity index (χ0) is 11.1. The predicted molar refractivity (Wildman–Crippen MR) is 76.2 cm³/mol. The molecule has 1 atom stereocenters. The first-order valence-corrected chi connectivity index (χ1v) is 6.49. The van der Waals surface area contributed by atoms with Gasteiger partial charge in [-0.3, -0.25) is 0 Å². The number of likely N-dealkylation sites (N-methyl/N-ethyl adjacent to an activating group) is 1. The maximum atomic E-state index is 5.72. The summed E-state index contributed by atoms with van der Waals surface area (Å²) < 4.78 is 1.22. The van der Waals surface area contributed by atoms with E-state index in [-0.39, 0.29) is 12.4 Å². The maximum Gasteiger partial charge on any atom is 0.181 e. The van der Waals surface area contributed by atoms with Gasteiger partial charge in [0, 0.05) is 6.04 Å². The maximum absolute atomic E-state index is 5.72. The van der Waals surface area contributed by atoms with E-state index in [9.17, 15) is 0 Å². The molecule has 5 heteroatoms. The summed E-state index contributed by atoms with van der Waals surface area (Å²) in [5, 5.41) is 4.18. The molecule has 0 spiro atoms. The van der Waals surface area contributed by atoms with Gasteiger partial charge in [0.1, 0.15) is 0 Å². The number of hydrogen-bond acceptors (Lipinski definition) is 4. The summed E-state index contributed by atoms with van der Waals surface area (Å²) in [5.41, 5.74) is 9.67. The average molecular weight is 270 g/mol. The predicted octanol–water partition coefficient (Wildman–Crippen LogP) is 2.38. The molecule has 17 heavy (non-hydrogen) atoms. The highest BCUT2D eigenvalue weighted by atomic mass is 35.5. The Balaban J connectivity index is 0.00000108. The zero-order valence-corrected chi connectivity index (χ0v) is 11.3. The lowest BCUT2D eigenvalue weighted by atomic mass is 10.1. The molecule has 3 rings (SSSR count). The molecule has 0 radical (unpaired) electrons. The average Bonchev–Trinajstić information content (AvgIpc) is 2.75. The van der Waals surface area contributed by atoms with Gasteiger partial charge in [-0.25, -0.2) is 4.98 Å². The van der Waals surface area contributed by atoms with Crippen molar-refractivity contribution in [1.82, 2.24) is 10.3 Å². The number of fused-ring (bicyclic) bond motifs is 2. The molecule has 3 nitrogen and oxygen atoms in total. The third-order valence-electron chi connectivity index (χ3n) is 3.15. The fourth-order valence-corrected chi connectivity index (χ4v) is 3.27. The van der Waals surface area contributed by atoms with Crippen LogP contribution in [-0.4, -0.2) is 17.6 Å². The summed E-state index contributed by atoms with van der Waals surface area (Å²) in [5.74, 6) is 0. The van der Waals surface area contributed by atoms with Gasteiger partial charge in [-0.15, -0.1) is 12.4 Å². The van der Waals surface area contributed by atoms with E-state index < -0.39 is 0 Å². The molecule has 1 heterocycles. The molecule has 1 aromatic heterocycles. The highest BCUT2D eigenvalue weighted by Gasteiger charge is 2.21. The minimum atomic E-state index is 0. The van der Waals surface area contributed by atoms with E-state index >= 15 is 0 Å². The number of nitrogens with two attached hydrogens (primary N) is 1. The number of nitrogen functional groups attached to an aromatic ring is 1. The molecule has 2 aromatic rings.